The van der Waals surface area contributed by atoms with Crippen LogP contribution >= 0.6 is 0 Å². The number of hydrogen-bond acceptors (Lipinski definition) is 6. The largest absolute Gasteiger partial charge is 0.477 e. The molecule has 6 nitrogen and oxygen atoms in total. The van der Waals surface area contributed by atoms with Crippen LogP contribution in [0.4, 0.5) is 0 Å². The molecule has 226 valence electrons. The summed E-state index contributed by atoms with van der Waals surface area (Å²) in [5.74, 6) is 0.695. The molecule has 1 spiro atoms. The number of aliphatic hydroxyl groups is 1. The first kappa shape index (κ1) is 30.3. The van der Waals surface area contributed by atoms with E-state index >= 15 is 0 Å². The van der Waals surface area contributed by atoms with E-state index in [9.17, 15) is 14.7 Å². The van der Waals surface area contributed by atoms with Gasteiger partial charge in [-0.3, -0.25) is 14.5 Å². The maximum Gasteiger partial charge on any atom is 0.311 e. The van der Waals surface area contributed by atoms with Crippen molar-refractivity contribution in [2.75, 3.05) is 13.1 Å². The quantitative estimate of drug-likeness (QED) is 0.0950. The minimum absolute atomic E-state index is 0.0406. The van der Waals surface area contributed by atoms with E-state index in [0.717, 1.165) is 36.9 Å². The average Bonchev–Trinajstić information content (AvgIpc) is 3.32. The number of carbonyl (C=O) groups excluding carboxylic acids is 2. The molecule has 6 heteroatoms. The molecule has 1 aromatic rings. The van der Waals surface area contributed by atoms with Crippen LogP contribution in [0, 0.1) is 0 Å². The lowest BCUT2D eigenvalue weighted by atomic mass is 9.49. The van der Waals surface area contributed by atoms with Crippen molar-refractivity contribution >= 4 is 11.8 Å². The lowest BCUT2D eigenvalue weighted by Gasteiger charge is -2.62. The van der Waals surface area contributed by atoms with E-state index in [0.29, 0.717) is 50.1 Å². The fourth-order valence-corrected chi connectivity index (χ4v) is 8.33. The van der Waals surface area contributed by atoms with E-state index in [1.165, 1.54) is 64.2 Å². The first-order valence-corrected chi connectivity index (χ1v) is 16.6. The number of likely N-dealkylation sites (tertiary alicyclic amines) is 1. The van der Waals surface area contributed by atoms with Crippen molar-refractivity contribution in [3.05, 3.63) is 35.9 Å². The normalized spacial score (nSPS) is 27.8. The van der Waals surface area contributed by atoms with Crippen LogP contribution in [-0.4, -0.2) is 52.6 Å². The third-order valence-corrected chi connectivity index (χ3v) is 10.4. The first-order chi connectivity index (χ1) is 20.0. The van der Waals surface area contributed by atoms with Crippen molar-refractivity contribution < 1.29 is 24.2 Å². The van der Waals surface area contributed by atoms with Gasteiger partial charge in [-0.25, -0.2) is 0 Å². The summed E-state index contributed by atoms with van der Waals surface area (Å²) >= 11 is 0. The Bertz CT molecular complexity index is 1100. The summed E-state index contributed by atoms with van der Waals surface area (Å²) in [5, 5.41) is 12.3. The number of ketones is 1. The van der Waals surface area contributed by atoms with Gasteiger partial charge in [-0.05, 0) is 37.3 Å². The number of ether oxygens (including phenoxy) is 2. The molecule has 2 aliphatic heterocycles. The van der Waals surface area contributed by atoms with Gasteiger partial charge >= 0.3 is 5.97 Å². The zero-order chi connectivity index (χ0) is 28.9. The highest BCUT2D eigenvalue weighted by Crippen LogP contribution is 2.64. The van der Waals surface area contributed by atoms with Crippen molar-refractivity contribution in [2.24, 2.45) is 0 Å². The number of benzene rings is 1. The molecule has 0 radical (unpaired) electrons. The van der Waals surface area contributed by atoms with Crippen LogP contribution in [-0.2, 0) is 21.4 Å². The predicted octanol–water partition coefficient (Wildman–Crippen LogP) is 6.98. The second kappa shape index (κ2) is 13.4. The van der Waals surface area contributed by atoms with Gasteiger partial charge in [0.1, 0.15) is 0 Å². The molecule has 1 aromatic carbocycles. The molecule has 1 saturated carbocycles. The SMILES string of the molecule is C=CCN1CC[C@@]23c4c5ccc(OC(=O)CCCCCCCCCCCCCCC)c4O[C@H]2C(=O)CC[C@@]3(O)[C@@H]1C5. The van der Waals surface area contributed by atoms with Crippen LogP contribution in [0.25, 0.3) is 0 Å². The number of nitrogens with zero attached hydrogens (tertiary/aromatic N) is 1. The minimum Gasteiger partial charge on any atom is -0.477 e. The van der Waals surface area contributed by atoms with Crippen molar-refractivity contribution in [3.63, 3.8) is 0 Å². The molecular formula is C35H51NO5. The number of Topliss-reactive ketones (excluding diaryl/α,β-unsaturated/α-hetero) is 1. The molecular weight excluding hydrogens is 514 g/mol. The summed E-state index contributed by atoms with van der Waals surface area (Å²) in [7, 11) is 0. The van der Waals surface area contributed by atoms with Crippen LogP contribution in [0.3, 0.4) is 0 Å². The van der Waals surface area contributed by atoms with E-state index < -0.39 is 17.1 Å². The van der Waals surface area contributed by atoms with Crippen LogP contribution < -0.4 is 9.47 Å². The molecule has 1 N–H and O–H groups in total. The summed E-state index contributed by atoms with van der Waals surface area (Å²) in [5.41, 5.74) is 0.184. The fraction of sp³-hybridized carbons (Fsp3) is 0.714. The van der Waals surface area contributed by atoms with Gasteiger partial charge in [-0.15, -0.1) is 6.58 Å². The van der Waals surface area contributed by atoms with Crippen molar-refractivity contribution in [1.29, 1.82) is 0 Å². The summed E-state index contributed by atoms with van der Waals surface area (Å²) in [6.45, 7) is 7.66. The Morgan fingerprint density at radius 3 is 2.37 bits per heavy atom. The second-order valence-electron chi connectivity index (χ2n) is 13.0. The Balaban J connectivity index is 1.13. The Labute approximate surface area is 246 Å². The van der Waals surface area contributed by atoms with E-state index in [-0.39, 0.29) is 17.8 Å². The summed E-state index contributed by atoms with van der Waals surface area (Å²) in [6.07, 6.45) is 20.0. The van der Waals surface area contributed by atoms with Gasteiger partial charge in [0, 0.05) is 37.5 Å². The first-order valence-electron chi connectivity index (χ1n) is 16.6. The number of unbranched alkanes of at least 4 members (excludes halogenated alkanes) is 12. The topological polar surface area (TPSA) is 76.1 Å². The molecule has 41 heavy (non-hydrogen) atoms. The maximum absolute atomic E-state index is 13.2. The standard InChI is InChI=1S/C35H51NO5/c1-3-5-6-7-8-9-10-11-12-13-14-15-16-17-30(38)40-28-19-18-26-25-29-35(39)21-20-27(37)33-34(35,31(26)32(28)41-33)22-24-36(29)23-4-2/h4,18-19,29,33,39H,2-3,5-17,20-25H2,1H3/t29-,33-,34+,35+/m0/s1. The lowest BCUT2D eigenvalue weighted by Crippen LogP contribution is -2.76. The number of hydrogen-bond donors (Lipinski definition) is 1. The summed E-state index contributed by atoms with van der Waals surface area (Å²) < 4.78 is 12.2. The van der Waals surface area contributed by atoms with Gasteiger partial charge in [-0.1, -0.05) is 96.1 Å². The van der Waals surface area contributed by atoms with Crippen LogP contribution in [0.2, 0.25) is 0 Å². The smallest absolute Gasteiger partial charge is 0.311 e. The molecule has 0 unspecified atom stereocenters. The lowest BCUT2D eigenvalue weighted by molar-refractivity contribution is -0.187. The Morgan fingerprint density at radius 1 is 1.05 bits per heavy atom. The zero-order valence-corrected chi connectivity index (χ0v) is 25.3. The van der Waals surface area contributed by atoms with Crippen molar-refractivity contribution in [3.8, 4) is 11.5 Å². The number of rotatable bonds is 17. The third kappa shape index (κ3) is 5.76. The molecule has 1 saturated heterocycles. The highest BCUT2D eigenvalue weighted by molar-refractivity contribution is 5.90. The average molecular weight is 566 g/mol. The molecule has 2 heterocycles. The van der Waals surface area contributed by atoms with E-state index in [1.54, 1.807) is 0 Å². The van der Waals surface area contributed by atoms with Crippen LogP contribution in [0.5, 0.6) is 11.5 Å². The highest BCUT2D eigenvalue weighted by atomic mass is 16.6. The van der Waals surface area contributed by atoms with Crippen LogP contribution in [0.1, 0.15) is 127 Å². The minimum atomic E-state index is -1.05. The summed E-state index contributed by atoms with van der Waals surface area (Å²) in [4.78, 5) is 28.3. The van der Waals surface area contributed by atoms with Gasteiger partial charge in [0.2, 0.25) is 0 Å². The highest BCUT2D eigenvalue weighted by Gasteiger charge is 2.73. The second-order valence-corrected chi connectivity index (χ2v) is 13.0. The van der Waals surface area contributed by atoms with Gasteiger partial charge in [0.25, 0.3) is 0 Å². The van der Waals surface area contributed by atoms with E-state index in [1.807, 2.05) is 18.2 Å². The number of piperidine rings is 1. The number of carbonyl (C=O) groups is 2. The van der Waals surface area contributed by atoms with Crippen molar-refractivity contribution in [2.45, 2.75) is 146 Å². The molecule has 2 aliphatic carbocycles. The van der Waals surface area contributed by atoms with Gasteiger partial charge in [0.15, 0.2) is 23.4 Å². The Kier molecular flexibility index (Phi) is 9.91. The van der Waals surface area contributed by atoms with Gasteiger partial charge < -0.3 is 14.6 Å². The monoisotopic (exact) mass is 565 g/mol. The van der Waals surface area contributed by atoms with E-state index in [2.05, 4.69) is 18.4 Å². The van der Waals surface area contributed by atoms with Crippen molar-refractivity contribution in [1.82, 2.24) is 4.90 Å². The predicted molar refractivity (Wildman–Crippen MR) is 162 cm³/mol. The Morgan fingerprint density at radius 2 is 1.71 bits per heavy atom. The maximum atomic E-state index is 13.2. The molecule has 0 amide bonds. The number of esters is 1. The molecule has 4 aliphatic rings. The van der Waals surface area contributed by atoms with E-state index in [4.69, 9.17) is 9.47 Å². The summed E-state index contributed by atoms with van der Waals surface area (Å²) in [6, 6.07) is 3.76. The Hall–Kier alpha value is -2.18. The zero-order valence-electron chi connectivity index (χ0n) is 25.3. The van der Waals surface area contributed by atoms with Crippen LogP contribution in [0.15, 0.2) is 24.8 Å². The van der Waals surface area contributed by atoms with Gasteiger partial charge in [-0.2, -0.15) is 0 Å². The third-order valence-electron chi connectivity index (χ3n) is 10.4. The molecule has 0 aromatic heterocycles. The molecule has 4 atom stereocenters. The fourth-order valence-electron chi connectivity index (χ4n) is 8.33. The molecule has 2 bridgehead atoms. The van der Waals surface area contributed by atoms with Gasteiger partial charge in [0.05, 0.1) is 11.0 Å². The molecule has 2 fully saturated rings. The molecule has 5 rings (SSSR count).